The number of amides is 1. The summed E-state index contributed by atoms with van der Waals surface area (Å²) in [5, 5.41) is 12.2. The van der Waals surface area contributed by atoms with E-state index in [9.17, 15) is 23.1 Å². The summed E-state index contributed by atoms with van der Waals surface area (Å²) in [6.07, 6.45) is -6.73. The monoisotopic (exact) mass is 333 g/mol. The molecule has 6 nitrogen and oxygen atoms in total. The third-order valence-electron chi connectivity index (χ3n) is 3.70. The van der Waals surface area contributed by atoms with E-state index in [1.807, 2.05) is 0 Å². The van der Waals surface area contributed by atoms with E-state index in [-0.39, 0.29) is 18.8 Å². The third kappa shape index (κ3) is 3.41. The van der Waals surface area contributed by atoms with E-state index >= 15 is 0 Å². The first kappa shape index (κ1) is 16.0. The molecule has 9 heteroatoms. The molecule has 2 heterocycles. The van der Waals surface area contributed by atoms with Crippen LogP contribution in [0.25, 0.3) is 0 Å². The van der Waals surface area contributed by atoms with E-state index < -0.39 is 42.4 Å². The molecule has 0 saturated carbocycles. The summed E-state index contributed by atoms with van der Waals surface area (Å²) in [6.45, 7) is 0.204. The van der Waals surface area contributed by atoms with Crippen molar-refractivity contribution in [1.29, 1.82) is 0 Å². The largest absolute Gasteiger partial charge is 0.573 e. The van der Waals surface area contributed by atoms with Gasteiger partial charge in [0.05, 0.1) is 24.8 Å². The van der Waals surface area contributed by atoms with Crippen LogP contribution in [0.15, 0.2) is 24.3 Å². The van der Waals surface area contributed by atoms with Crippen molar-refractivity contribution < 1.29 is 37.3 Å². The predicted molar refractivity (Wildman–Crippen MR) is 69.9 cm³/mol. The lowest BCUT2D eigenvalue weighted by atomic mass is 10.1. The first-order chi connectivity index (χ1) is 10.8. The minimum Gasteiger partial charge on any atom is -0.405 e. The molecule has 2 aliphatic rings. The molecule has 1 aromatic rings. The minimum absolute atomic E-state index is 0.0927. The van der Waals surface area contributed by atoms with Gasteiger partial charge in [-0.2, -0.15) is 0 Å². The molecule has 126 valence electrons. The summed E-state index contributed by atoms with van der Waals surface area (Å²) < 4.78 is 51.7. The number of benzene rings is 1. The fraction of sp³-hybridized carbons (Fsp3) is 0.500. The Labute approximate surface area is 129 Å². The summed E-state index contributed by atoms with van der Waals surface area (Å²) in [4.78, 5) is 12.2. The summed E-state index contributed by atoms with van der Waals surface area (Å²) in [5.74, 6) is -1.32. The molecule has 2 saturated heterocycles. The molecular weight excluding hydrogens is 319 g/mol. The Bertz CT molecular complexity index is 594. The minimum atomic E-state index is -4.89. The summed E-state index contributed by atoms with van der Waals surface area (Å²) in [5.41, 5.74) is -0.244. The molecule has 1 amide bonds. The van der Waals surface area contributed by atoms with Crippen molar-refractivity contribution >= 4 is 5.91 Å². The number of nitrogens with one attached hydrogen (secondary N) is 1. The van der Waals surface area contributed by atoms with Crippen LogP contribution < -0.4 is 10.1 Å². The molecule has 1 aromatic carbocycles. The van der Waals surface area contributed by atoms with Crippen molar-refractivity contribution in [3.8, 4) is 5.75 Å². The number of aliphatic hydroxyl groups excluding tert-OH is 1. The Kier molecular flexibility index (Phi) is 4.17. The van der Waals surface area contributed by atoms with Crippen LogP contribution in [0, 0.1) is 0 Å². The van der Waals surface area contributed by atoms with Crippen LogP contribution in [-0.2, 0) is 9.47 Å². The number of alkyl halides is 3. The first-order valence-electron chi connectivity index (χ1n) is 6.92. The molecule has 23 heavy (non-hydrogen) atoms. The molecule has 2 aliphatic heterocycles. The van der Waals surface area contributed by atoms with Gasteiger partial charge in [-0.05, 0) is 12.1 Å². The van der Waals surface area contributed by atoms with Crippen molar-refractivity contribution in [1.82, 2.24) is 5.32 Å². The normalized spacial score (nSPS) is 30.1. The second kappa shape index (κ2) is 5.99. The van der Waals surface area contributed by atoms with E-state index in [0.29, 0.717) is 0 Å². The molecule has 0 aromatic heterocycles. The van der Waals surface area contributed by atoms with Gasteiger partial charge in [0.15, 0.2) is 0 Å². The number of rotatable bonds is 3. The molecule has 2 fully saturated rings. The molecule has 0 aliphatic carbocycles. The smallest absolute Gasteiger partial charge is 0.405 e. The van der Waals surface area contributed by atoms with Crippen LogP contribution in [0.2, 0.25) is 0 Å². The zero-order valence-electron chi connectivity index (χ0n) is 11.7. The average molecular weight is 333 g/mol. The van der Waals surface area contributed by atoms with Crippen molar-refractivity contribution in [2.45, 2.75) is 30.7 Å². The molecule has 4 atom stereocenters. The fourth-order valence-electron chi connectivity index (χ4n) is 2.72. The number of hydrogen-bond donors (Lipinski definition) is 2. The van der Waals surface area contributed by atoms with Gasteiger partial charge >= 0.3 is 6.36 Å². The van der Waals surface area contributed by atoms with E-state index in [1.165, 1.54) is 18.2 Å². The van der Waals surface area contributed by atoms with Crippen molar-refractivity contribution in [3.63, 3.8) is 0 Å². The molecular formula is C14H14F3NO5. The van der Waals surface area contributed by atoms with Gasteiger partial charge in [0, 0.05) is 0 Å². The van der Waals surface area contributed by atoms with Crippen molar-refractivity contribution in [2.24, 2.45) is 0 Å². The molecule has 0 spiro atoms. The number of carbonyl (C=O) groups excluding carboxylic acids is 1. The Morgan fingerprint density at radius 1 is 1.22 bits per heavy atom. The van der Waals surface area contributed by atoms with Gasteiger partial charge in [-0.15, -0.1) is 13.2 Å². The number of carbonyl (C=O) groups is 1. The molecule has 0 radical (unpaired) electrons. The Balaban J connectivity index is 1.72. The van der Waals surface area contributed by atoms with Crippen LogP contribution in [0.1, 0.15) is 10.4 Å². The van der Waals surface area contributed by atoms with Gasteiger partial charge in [0.25, 0.3) is 5.91 Å². The average Bonchev–Trinajstić information content (AvgIpc) is 3.02. The number of halogens is 3. The highest BCUT2D eigenvalue weighted by Crippen LogP contribution is 2.29. The summed E-state index contributed by atoms with van der Waals surface area (Å²) in [6, 6.07) is 4.51. The standard InChI is InChI=1S/C14H14F3NO5/c15-14(16,17)23-10-4-2-1-3-7(10)13(20)18-8-5-21-12-9(19)6-22-11(8)12/h1-4,8-9,11-12,19H,5-6H2,(H,18,20)/t8-,9-,11-,12-/m1/s1. The third-order valence-corrected chi connectivity index (χ3v) is 3.70. The molecule has 2 N–H and O–H groups in total. The van der Waals surface area contributed by atoms with Gasteiger partial charge in [-0.1, -0.05) is 12.1 Å². The predicted octanol–water partition coefficient (Wildman–Crippen LogP) is 0.842. The van der Waals surface area contributed by atoms with Gasteiger partial charge < -0.3 is 24.6 Å². The maximum absolute atomic E-state index is 12.4. The van der Waals surface area contributed by atoms with Crippen molar-refractivity contribution in [2.75, 3.05) is 13.2 Å². The topological polar surface area (TPSA) is 77.0 Å². The molecule has 0 bridgehead atoms. The second-order valence-electron chi connectivity index (χ2n) is 5.29. The lowest BCUT2D eigenvalue weighted by Gasteiger charge is -2.18. The zero-order valence-corrected chi connectivity index (χ0v) is 11.7. The highest BCUT2D eigenvalue weighted by Gasteiger charge is 2.47. The van der Waals surface area contributed by atoms with Crippen LogP contribution in [0.4, 0.5) is 13.2 Å². The number of ether oxygens (including phenoxy) is 3. The van der Waals surface area contributed by atoms with Gasteiger partial charge in [0.2, 0.25) is 0 Å². The molecule has 0 unspecified atom stereocenters. The highest BCUT2D eigenvalue weighted by atomic mass is 19.4. The number of aliphatic hydroxyl groups is 1. The van der Waals surface area contributed by atoms with Crippen molar-refractivity contribution in [3.05, 3.63) is 29.8 Å². The fourth-order valence-corrected chi connectivity index (χ4v) is 2.72. The van der Waals surface area contributed by atoms with Crippen LogP contribution in [-0.4, -0.2) is 54.9 Å². The van der Waals surface area contributed by atoms with Gasteiger partial charge in [0.1, 0.15) is 24.1 Å². The maximum atomic E-state index is 12.4. The molecule has 3 rings (SSSR count). The lowest BCUT2D eigenvalue weighted by Crippen LogP contribution is -2.44. The number of fused-ring (bicyclic) bond motifs is 1. The van der Waals surface area contributed by atoms with E-state index in [0.717, 1.165) is 6.07 Å². The maximum Gasteiger partial charge on any atom is 0.573 e. The Morgan fingerprint density at radius 3 is 2.65 bits per heavy atom. The summed E-state index contributed by atoms with van der Waals surface area (Å²) >= 11 is 0. The van der Waals surface area contributed by atoms with E-state index in [1.54, 1.807) is 0 Å². The van der Waals surface area contributed by atoms with Gasteiger partial charge in [-0.3, -0.25) is 4.79 Å². The quantitative estimate of drug-likeness (QED) is 0.857. The van der Waals surface area contributed by atoms with Crippen LogP contribution in [0.5, 0.6) is 5.75 Å². The number of para-hydroxylation sites is 1. The number of hydrogen-bond acceptors (Lipinski definition) is 5. The Hall–Kier alpha value is -1.84. The van der Waals surface area contributed by atoms with Gasteiger partial charge in [-0.25, -0.2) is 0 Å². The SMILES string of the molecule is O=C(N[C@@H]1CO[C@H]2[C@@H]1OC[C@H]2O)c1ccccc1OC(F)(F)F. The zero-order chi connectivity index (χ0) is 16.6. The van der Waals surface area contributed by atoms with Crippen LogP contribution in [0.3, 0.4) is 0 Å². The first-order valence-corrected chi connectivity index (χ1v) is 6.92. The summed E-state index contributed by atoms with van der Waals surface area (Å²) in [7, 11) is 0. The lowest BCUT2D eigenvalue weighted by molar-refractivity contribution is -0.274. The highest BCUT2D eigenvalue weighted by molar-refractivity contribution is 5.97. The van der Waals surface area contributed by atoms with E-state index in [2.05, 4.69) is 10.1 Å². The van der Waals surface area contributed by atoms with Crippen LogP contribution >= 0.6 is 0 Å². The van der Waals surface area contributed by atoms with E-state index in [4.69, 9.17) is 9.47 Å². The Morgan fingerprint density at radius 2 is 1.91 bits per heavy atom. The second-order valence-corrected chi connectivity index (χ2v) is 5.29.